The van der Waals surface area contributed by atoms with Gasteiger partial charge in [0.25, 0.3) is 5.91 Å². The Morgan fingerprint density at radius 1 is 0.902 bits per heavy atom. The molecule has 1 amide bonds. The molecule has 0 aliphatic carbocycles. The van der Waals surface area contributed by atoms with Crippen LogP contribution in [0.3, 0.4) is 0 Å². The predicted molar refractivity (Wildman–Crippen MR) is 163 cm³/mol. The van der Waals surface area contributed by atoms with Gasteiger partial charge in [-0.3, -0.25) is 9.79 Å². The number of methoxy groups -OCH3 is 1. The van der Waals surface area contributed by atoms with Gasteiger partial charge in [0.1, 0.15) is 22.8 Å². The largest absolute Gasteiger partial charge is 0.497 e. The number of hydrogen-bond donors (Lipinski definition) is 1. The first-order valence-electron chi connectivity index (χ1n) is 13.6. The highest BCUT2D eigenvalue weighted by Crippen LogP contribution is 2.58. The average Bonchev–Trinajstić information content (AvgIpc) is 3.24. The summed E-state index contributed by atoms with van der Waals surface area (Å²) in [7, 11) is 1.62. The summed E-state index contributed by atoms with van der Waals surface area (Å²) >= 11 is 0. The molecule has 1 atom stereocenters. The molecule has 41 heavy (non-hydrogen) atoms. The Morgan fingerprint density at radius 2 is 1.61 bits per heavy atom. The van der Waals surface area contributed by atoms with Gasteiger partial charge in [-0.05, 0) is 56.3 Å². The molecular weight excluding hydrogens is 514 g/mol. The second kappa shape index (κ2) is 10.5. The van der Waals surface area contributed by atoms with Gasteiger partial charge in [-0.1, -0.05) is 30.3 Å². The Labute approximate surface area is 239 Å². The number of amides is 1. The Morgan fingerprint density at radius 3 is 2.34 bits per heavy atom. The summed E-state index contributed by atoms with van der Waals surface area (Å²) in [6.07, 6.45) is 3.13. The number of fused-ring (bicyclic) bond motifs is 6. The van der Waals surface area contributed by atoms with Crippen molar-refractivity contribution >= 4 is 35.4 Å². The van der Waals surface area contributed by atoms with Crippen LogP contribution in [0.25, 0.3) is 0 Å². The Hall–Kier alpha value is -5.11. The molecule has 0 aromatic heterocycles. The number of nitrogen functional groups attached to an aromatic ring is 1. The predicted octanol–water partition coefficient (Wildman–Crippen LogP) is 6.37. The first-order valence-corrected chi connectivity index (χ1v) is 13.6. The highest BCUT2D eigenvalue weighted by Gasteiger charge is 2.57. The quantitative estimate of drug-likeness (QED) is 0.215. The van der Waals surface area contributed by atoms with Crippen LogP contribution >= 0.6 is 0 Å². The number of rotatable bonds is 7. The summed E-state index contributed by atoms with van der Waals surface area (Å²) in [4.78, 5) is 20.8. The minimum Gasteiger partial charge on any atom is -0.497 e. The van der Waals surface area contributed by atoms with Gasteiger partial charge >= 0.3 is 0 Å². The number of anilines is 2. The monoisotopic (exact) mass is 545 g/mol. The molecule has 0 radical (unpaired) electrons. The maximum absolute atomic E-state index is 14.0. The first kappa shape index (κ1) is 26.1. The van der Waals surface area contributed by atoms with Crippen molar-refractivity contribution in [2.24, 2.45) is 10.1 Å². The summed E-state index contributed by atoms with van der Waals surface area (Å²) in [5, 5.41) is 6.29. The molecule has 0 bridgehead atoms. The van der Waals surface area contributed by atoms with Crippen molar-refractivity contribution in [3.8, 4) is 17.2 Å². The molecule has 8 heteroatoms. The summed E-state index contributed by atoms with van der Waals surface area (Å²) < 4.78 is 11.7. The molecule has 8 nitrogen and oxygen atoms in total. The van der Waals surface area contributed by atoms with E-state index in [0.717, 1.165) is 46.9 Å². The van der Waals surface area contributed by atoms with Gasteiger partial charge in [-0.25, -0.2) is 5.01 Å². The van der Waals surface area contributed by atoms with Gasteiger partial charge in [0.15, 0.2) is 0 Å². The lowest BCUT2D eigenvalue weighted by atomic mass is 9.75. The van der Waals surface area contributed by atoms with Crippen molar-refractivity contribution in [1.82, 2.24) is 5.01 Å². The lowest BCUT2D eigenvalue weighted by Gasteiger charge is -2.42. The fourth-order valence-corrected chi connectivity index (χ4v) is 5.77. The maximum Gasteiger partial charge on any atom is 0.275 e. The number of hydrogen-bond acceptors (Lipinski definition) is 7. The zero-order valence-electron chi connectivity index (χ0n) is 23.2. The number of nitrogens with two attached hydrogens (primary N) is 1. The second-order valence-electron chi connectivity index (χ2n) is 9.82. The molecule has 2 aliphatic rings. The van der Waals surface area contributed by atoms with Gasteiger partial charge in [0.2, 0.25) is 0 Å². The highest BCUT2D eigenvalue weighted by atomic mass is 16.5. The van der Waals surface area contributed by atoms with E-state index in [1.54, 1.807) is 24.5 Å². The summed E-state index contributed by atoms with van der Waals surface area (Å²) in [5.41, 5.74) is 10.5. The van der Waals surface area contributed by atoms with E-state index in [0.29, 0.717) is 22.7 Å². The summed E-state index contributed by atoms with van der Waals surface area (Å²) in [6, 6.07) is 26.8. The van der Waals surface area contributed by atoms with E-state index < -0.39 is 5.54 Å². The minimum absolute atomic E-state index is 0.210. The average molecular weight is 546 g/mol. The van der Waals surface area contributed by atoms with Gasteiger partial charge < -0.3 is 20.1 Å². The lowest BCUT2D eigenvalue weighted by molar-refractivity contribution is 0.0675. The smallest absolute Gasteiger partial charge is 0.275 e. The van der Waals surface area contributed by atoms with E-state index in [9.17, 15) is 4.79 Å². The third-order valence-electron chi connectivity index (χ3n) is 7.70. The normalized spacial score (nSPS) is 17.0. The summed E-state index contributed by atoms with van der Waals surface area (Å²) in [5.74, 6) is 1.79. The van der Waals surface area contributed by atoms with Crippen LogP contribution in [0.2, 0.25) is 0 Å². The van der Waals surface area contributed by atoms with E-state index in [2.05, 4.69) is 29.8 Å². The van der Waals surface area contributed by atoms with Crippen LogP contribution in [0.15, 0.2) is 95.0 Å². The third kappa shape index (κ3) is 4.19. The molecule has 0 saturated carbocycles. The number of carbonyl (C=O) groups is 1. The second-order valence-corrected chi connectivity index (χ2v) is 9.82. The molecular formula is C33H31N5O3. The maximum atomic E-state index is 14.0. The number of ether oxygens (including phenoxy) is 2. The molecule has 6 rings (SSSR count). The Kier molecular flexibility index (Phi) is 6.67. The molecule has 4 aromatic rings. The SMILES string of the molecule is CCN(CC)c1ccc2c(c1)Oc1cc(N)ccc1C21c2ccccc2C(=O)N1/N=C/C=N/c1ccc(OC)cc1. The van der Waals surface area contributed by atoms with Crippen molar-refractivity contribution in [3.63, 3.8) is 0 Å². The van der Waals surface area contributed by atoms with Crippen molar-refractivity contribution in [1.29, 1.82) is 0 Å². The number of aliphatic imine (C=N–C) groups is 1. The third-order valence-corrected chi connectivity index (χ3v) is 7.70. The number of nitrogens with zero attached hydrogens (tertiary/aromatic N) is 4. The molecule has 1 unspecified atom stereocenters. The van der Waals surface area contributed by atoms with Crippen molar-refractivity contribution in [2.75, 3.05) is 30.8 Å². The molecule has 2 heterocycles. The molecule has 4 aromatic carbocycles. The molecule has 2 N–H and O–H groups in total. The van der Waals surface area contributed by atoms with Crippen LogP contribution in [-0.4, -0.2) is 43.5 Å². The van der Waals surface area contributed by atoms with Crippen LogP contribution in [-0.2, 0) is 5.54 Å². The fraction of sp³-hybridized carbons (Fsp3) is 0.182. The lowest BCUT2D eigenvalue weighted by Crippen LogP contribution is -2.44. The van der Waals surface area contributed by atoms with Gasteiger partial charge in [0.05, 0.1) is 19.0 Å². The first-order chi connectivity index (χ1) is 20.0. The van der Waals surface area contributed by atoms with Gasteiger partial charge in [-0.2, -0.15) is 5.10 Å². The van der Waals surface area contributed by atoms with Crippen molar-refractivity contribution < 1.29 is 14.3 Å². The zero-order chi connectivity index (χ0) is 28.6. The topological polar surface area (TPSA) is 92.8 Å². The molecule has 1 spiro atoms. The van der Waals surface area contributed by atoms with Gasteiger partial charge in [0, 0.05) is 65.1 Å². The highest BCUT2D eigenvalue weighted by molar-refractivity contribution is 6.17. The van der Waals surface area contributed by atoms with E-state index in [-0.39, 0.29) is 5.91 Å². The minimum atomic E-state index is -1.06. The number of hydrazone groups is 1. The van der Waals surface area contributed by atoms with Crippen LogP contribution in [0, 0.1) is 0 Å². The van der Waals surface area contributed by atoms with Crippen LogP contribution in [0.4, 0.5) is 17.1 Å². The fourth-order valence-electron chi connectivity index (χ4n) is 5.77. The van der Waals surface area contributed by atoms with E-state index >= 15 is 0 Å². The summed E-state index contributed by atoms with van der Waals surface area (Å²) in [6.45, 7) is 5.96. The van der Waals surface area contributed by atoms with Crippen molar-refractivity contribution in [2.45, 2.75) is 19.4 Å². The van der Waals surface area contributed by atoms with Crippen LogP contribution in [0.5, 0.6) is 17.2 Å². The number of carbonyl (C=O) groups excluding carboxylic acids is 1. The van der Waals surface area contributed by atoms with E-state index in [1.807, 2.05) is 78.9 Å². The molecule has 0 saturated heterocycles. The van der Waals surface area contributed by atoms with Crippen LogP contribution in [0.1, 0.15) is 40.9 Å². The number of benzene rings is 4. The zero-order valence-corrected chi connectivity index (χ0v) is 23.2. The molecule has 2 aliphatic heterocycles. The van der Waals surface area contributed by atoms with Crippen molar-refractivity contribution in [3.05, 3.63) is 107 Å². The van der Waals surface area contributed by atoms with Gasteiger partial charge in [-0.15, -0.1) is 0 Å². The van der Waals surface area contributed by atoms with E-state index in [4.69, 9.17) is 20.3 Å². The molecule has 206 valence electrons. The Balaban J connectivity index is 1.53. The Bertz CT molecular complexity index is 1680. The van der Waals surface area contributed by atoms with Crippen LogP contribution < -0.4 is 20.1 Å². The van der Waals surface area contributed by atoms with E-state index in [1.165, 1.54) is 0 Å². The molecule has 0 fully saturated rings. The standard InChI is InChI=1S/C33H31N5O3/c1-4-37(5-2)24-13-17-29-31(21-24)41-30-20-22(34)10-16-28(30)33(29)27-9-7-6-8-26(27)32(39)38(33)36-19-18-35-23-11-14-25(40-3)15-12-23/h6-21H,4-5,34H2,1-3H3/b35-18+,36-19+.